The van der Waals surface area contributed by atoms with Crippen LogP contribution < -0.4 is 14.8 Å². The number of carbonyl (C=O) groups is 3. The van der Waals surface area contributed by atoms with Crippen molar-refractivity contribution in [1.29, 1.82) is 10.5 Å². The maximum Gasteiger partial charge on any atom is 0.343 e. The van der Waals surface area contributed by atoms with Crippen LogP contribution >= 0.6 is 0 Å². The van der Waals surface area contributed by atoms with E-state index in [1.165, 1.54) is 31.2 Å². The highest BCUT2D eigenvalue weighted by molar-refractivity contribution is 5.95. The van der Waals surface area contributed by atoms with E-state index < -0.39 is 17.3 Å². The maximum absolute atomic E-state index is 13.3. The van der Waals surface area contributed by atoms with Crippen molar-refractivity contribution in [3.05, 3.63) is 102 Å². The lowest BCUT2D eigenvalue weighted by Crippen LogP contribution is -2.30. The summed E-state index contributed by atoms with van der Waals surface area (Å²) < 4.78 is 16.9. The minimum absolute atomic E-state index is 0.0345. The van der Waals surface area contributed by atoms with Crippen LogP contribution in [0.25, 0.3) is 0 Å². The maximum atomic E-state index is 13.3. The van der Waals surface area contributed by atoms with Crippen molar-refractivity contribution < 1.29 is 28.6 Å². The molecule has 1 atom stereocenters. The molecule has 1 unspecified atom stereocenters. The molecular formula is C39H37N7O6. The van der Waals surface area contributed by atoms with Crippen LogP contribution in [0.15, 0.2) is 105 Å². The molecular weight excluding hydrogens is 662 g/mol. The van der Waals surface area contributed by atoms with Crippen molar-refractivity contribution in [3.8, 4) is 23.6 Å². The average Bonchev–Trinajstić information content (AvgIpc) is 3.16. The molecule has 1 amide bonds. The third-order valence-electron chi connectivity index (χ3n) is 7.88. The highest BCUT2D eigenvalue weighted by Crippen LogP contribution is 2.40. The third kappa shape index (κ3) is 10.6. The lowest BCUT2D eigenvalue weighted by atomic mass is 9.83. The highest BCUT2D eigenvalue weighted by Gasteiger charge is 2.31. The number of hydrogen-bond donors (Lipinski definition) is 1. The zero-order valence-corrected chi connectivity index (χ0v) is 29.3. The summed E-state index contributed by atoms with van der Waals surface area (Å²) >= 11 is 0. The average molecular weight is 700 g/mol. The number of esters is 2. The van der Waals surface area contributed by atoms with Gasteiger partial charge in [-0.05, 0) is 98.6 Å². The predicted octanol–water partition coefficient (Wildman–Crippen LogP) is 9.58. The van der Waals surface area contributed by atoms with E-state index in [4.69, 9.17) is 24.7 Å². The van der Waals surface area contributed by atoms with Crippen molar-refractivity contribution in [3.63, 3.8) is 0 Å². The zero-order chi connectivity index (χ0) is 37.5. The second-order valence-corrected chi connectivity index (χ2v) is 11.8. The summed E-state index contributed by atoms with van der Waals surface area (Å²) in [6, 6.07) is 25.9. The van der Waals surface area contributed by atoms with E-state index in [2.05, 4.69) is 25.8 Å². The Hall–Kier alpha value is -6.73. The van der Waals surface area contributed by atoms with Gasteiger partial charge in [-0.25, -0.2) is 4.79 Å². The SMILES string of the molecule is CCCC(C)(CC)C(=O)OCCOc1ccc(C(=O)Oc2cc(NC(C)=O)c(N=Nc3ccc(C#N)cc3)cc2N=Nc2ccc(C#N)cc2)cc1. The van der Waals surface area contributed by atoms with E-state index in [1.54, 1.807) is 60.7 Å². The van der Waals surface area contributed by atoms with E-state index in [1.807, 2.05) is 32.9 Å². The number of nitriles is 2. The predicted molar refractivity (Wildman–Crippen MR) is 193 cm³/mol. The van der Waals surface area contributed by atoms with Crippen LogP contribution in [0, 0.1) is 28.1 Å². The molecule has 4 aromatic carbocycles. The van der Waals surface area contributed by atoms with Crippen molar-refractivity contribution >= 4 is 46.3 Å². The number of ether oxygens (including phenoxy) is 3. The molecule has 4 aromatic rings. The molecule has 0 aliphatic heterocycles. The van der Waals surface area contributed by atoms with Crippen LogP contribution in [0.1, 0.15) is 68.4 Å². The van der Waals surface area contributed by atoms with Crippen molar-refractivity contribution in [2.45, 2.75) is 47.0 Å². The molecule has 13 heteroatoms. The van der Waals surface area contributed by atoms with E-state index in [-0.39, 0.29) is 47.6 Å². The Kier molecular flexibility index (Phi) is 13.4. The summed E-state index contributed by atoms with van der Waals surface area (Å²) in [5, 5.41) is 37.9. The molecule has 13 nitrogen and oxygen atoms in total. The first-order chi connectivity index (χ1) is 25.1. The first-order valence-electron chi connectivity index (χ1n) is 16.5. The second kappa shape index (κ2) is 18.3. The molecule has 0 fully saturated rings. The summed E-state index contributed by atoms with van der Waals surface area (Å²) in [4.78, 5) is 38.0. The number of nitrogens with one attached hydrogen (secondary N) is 1. The van der Waals surface area contributed by atoms with Gasteiger partial charge in [-0.2, -0.15) is 20.8 Å². The smallest absolute Gasteiger partial charge is 0.343 e. The van der Waals surface area contributed by atoms with Crippen LogP contribution in [0.4, 0.5) is 28.4 Å². The zero-order valence-electron chi connectivity index (χ0n) is 29.3. The molecule has 0 bridgehead atoms. The lowest BCUT2D eigenvalue weighted by Gasteiger charge is -2.25. The minimum Gasteiger partial charge on any atom is -0.490 e. The van der Waals surface area contributed by atoms with E-state index in [0.717, 1.165) is 12.8 Å². The van der Waals surface area contributed by atoms with Crippen molar-refractivity contribution in [2.75, 3.05) is 18.5 Å². The van der Waals surface area contributed by atoms with Crippen LogP contribution in [0.5, 0.6) is 11.5 Å². The van der Waals surface area contributed by atoms with Gasteiger partial charge in [0.15, 0.2) is 5.75 Å². The van der Waals surface area contributed by atoms with E-state index in [0.29, 0.717) is 34.7 Å². The Balaban J connectivity index is 1.56. The molecule has 0 saturated heterocycles. The lowest BCUT2D eigenvalue weighted by molar-refractivity contribution is -0.156. The fraction of sp³-hybridized carbons (Fsp3) is 0.256. The van der Waals surface area contributed by atoms with Gasteiger partial charge < -0.3 is 19.5 Å². The number of carbonyl (C=O) groups excluding carboxylic acids is 3. The minimum atomic E-state index is -0.731. The van der Waals surface area contributed by atoms with Crippen LogP contribution in [0.2, 0.25) is 0 Å². The molecule has 0 heterocycles. The highest BCUT2D eigenvalue weighted by atomic mass is 16.6. The number of rotatable bonds is 15. The molecule has 52 heavy (non-hydrogen) atoms. The topological polar surface area (TPSA) is 188 Å². The first-order valence-corrected chi connectivity index (χ1v) is 16.5. The Morgan fingerprint density at radius 2 is 1.35 bits per heavy atom. The number of azo groups is 2. The second-order valence-electron chi connectivity index (χ2n) is 11.8. The van der Waals surface area contributed by atoms with Gasteiger partial charge in [0.1, 0.15) is 30.3 Å². The van der Waals surface area contributed by atoms with Gasteiger partial charge in [-0.15, -0.1) is 10.2 Å². The van der Waals surface area contributed by atoms with E-state index in [9.17, 15) is 14.4 Å². The van der Waals surface area contributed by atoms with Gasteiger partial charge in [0.05, 0.1) is 51.3 Å². The number of amides is 1. The summed E-state index contributed by atoms with van der Waals surface area (Å²) in [5.74, 6) is -0.969. The molecule has 0 aliphatic carbocycles. The Labute approximate surface area is 301 Å². The quantitative estimate of drug-likeness (QED) is 0.0549. The van der Waals surface area contributed by atoms with Gasteiger partial charge in [0.2, 0.25) is 5.91 Å². The third-order valence-corrected chi connectivity index (χ3v) is 7.88. The Morgan fingerprint density at radius 1 is 0.769 bits per heavy atom. The fourth-order valence-electron chi connectivity index (χ4n) is 4.81. The Morgan fingerprint density at radius 3 is 1.87 bits per heavy atom. The summed E-state index contributed by atoms with van der Waals surface area (Å²) in [6.07, 6.45) is 2.30. The fourth-order valence-corrected chi connectivity index (χ4v) is 4.81. The molecule has 1 N–H and O–H groups in total. The number of benzene rings is 4. The molecule has 0 spiro atoms. The number of anilines is 1. The molecule has 4 rings (SSSR count). The molecule has 264 valence electrons. The van der Waals surface area contributed by atoms with Gasteiger partial charge >= 0.3 is 11.9 Å². The Bertz CT molecular complexity index is 2030. The molecule has 0 saturated carbocycles. The van der Waals surface area contributed by atoms with Crippen LogP contribution in [0.3, 0.4) is 0 Å². The van der Waals surface area contributed by atoms with Crippen LogP contribution in [-0.2, 0) is 14.3 Å². The standard InChI is InChI=1S/C39H37N7O6/c1-5-19-39(4,6-2)38(49)51-21-20-50-32-17-11-29(12-18-32)37(48)52-36-23-33(42-26(3)47)34(45-43-30-13-7-27(24-40)8-14-30)22-35(36)46-44-31-15-9-28(25-41)10-16-31/h7-18,22-23H,5-6,19-21H2,1-4H3,(H,42,47). The normalized spacial score (nSPS) is 12.0. The van der Waals surface area contributed by atoms with Crippen molar-refractivity contribution in [1.82, 2.24) is 0 Å². The van der Waals surface area contributed by atoms with Crippen LogP contribution in [-0.4, -0.2) is 31.1 Å². The number of nitrogens with zero attached hydrogens (tertiary/aromatic N) is 6. The number of hydrogen-bond acceptors (Lipinski definition) is 12. The first kappa shape index (κ1) is 38.1. The molecule has 0 aromatic heterocycles. The molecule has 0 radical (unpaired) electrons. The van der Waals surface area contributed by atoms with E-state index >= 15 is 0 Å². The summed E-state index contributed by atoms with van der Waals surface area (Å²) in [7, 11) is 0. The summed E-state index contributed by atoms with van der Waals surface area (Å²) in [6.45, 7) is 7.43. The summed E-state index contributed by atoms with van der Waals surface area (Å²) in [5.41, 5.74) is 1.90. The van der Waals surface area contributed by atoms with Crippen molar-refractivity contribution in [2.24, 2.45) is 25.9 Å². The van der Waals surface area contributed by atoms with Gasteiger partial charge in [0, 0.05) is 13.0 Å². The van der Waals surface area contributed by atoms with Gasteiger partial charge in [-0.3, -0.25) is 9.59 Å². The van der Waals surface area contributed by atoms with Gasteiger partial charge in [-0.1, -0.05) is 20.3 Å². The monoisotopic (exact) mass is 699 g/mol. The van der Waals surface area contributed by atoms with Gasteiger partial charge in [0.25, 0.3) is 0 Å². The molecule has 0 aliphatic rings. The largest absolute Gasteiger partial charge is 0.490 e.